The van der Waals surface area contributed by atoms with Gasteiger partial charge in [0.15, 0.2) is 5.96 Å². The van der Waals surface area contributed by atoms with Crippen molar-refractivity contribution in [3.8, 4) is 5.75 Å². The van der Waals surface area contributed by atoms with Crippen LogP contribution in [0, 0.1) is 6.92 Å². The van der Waals surface area contributed by atoms with Crippen LogP contribution >= 0.6 is 11.6 Å². The Kier molecular flexibility index (Phi) is 5.14. The second-order valence-corrected chi connectivity index (χ2v) is 6.21. The smallest absolute Gasteiger partial charge is 0.193 e. The van der Waals surface area contributed by atoms with Crippen molar-refractivity contribution in [2.45, 2.75) is 13.3 Å². The number of para-hydroxylation sites is 1. The first-order valence-electron chi connectivity index (χ1n) is 8.04. The highest BCUT2D eigenvalue weighted by Crippen LogP contribution is 2.27. The Balaban J connectivity index is 1.63. The van der Waals surface area contributed by atoms with E-state index in [-0.39, 0.29) is 0 Å². The van der Waals surface area contributed by atoms with Gasteiger partial charge in [0.2, 0.25) is 0 Å². The van der Waals surface area contributed by atoms with Crippen molar-refractivity contribution in [1.82, 2.24) is 4.98 Å². The van der Waals surface area contributed by atoms with E-state index in [1.54, 1.807) is 19.2 Å². The third-order valence-electron chi connectivity index (χ3n) is 4.10. The molecule has 0 saturated carbocycles. The molecule has 0 aliphatic carbocycles. The quantitative estimate of drug-likeness (QED) is 0.475. The monoisotopic (exact) mass is 356 g/mol. The third kappa shape index (κ3) is 3.88. The van der Waals surface area contributed by atoms with Crippen LogP contribution in [0.2, 0.25) is 5.02 Å². The summed E-state index contributed by atoms with van der Waals surface area (Å²) in [6, 6.07) is 11.7. The Morgan fingerprint density at radius 3 is 2.92 bits per heavy atom. The molecule has 0 unspecified atom stereocenters. The number of aromatic amines is 1. The summed E-state index contributed by atoms with van der Waals surface area (Å²) in [7, 11) is 1.58. The first-order valence-corrected chi connectivity index (χ1v) is 8.42. The van der Waals surface area contributed by atoms with E-state index in [2.05, 4.69) is 40.4 Å². The van der Waals surface area contributed by atoms with Crippen LogP contribution in [0.15, 0.2) is 47.6 Å². The zero-order valence-corrected chi connectivity index (χ0v) is 15.0. The van der Waals surface area contributed by atoms with Crippen molar-refractivity contribution in [2.24, 2.45) is 10.7 Å². The van der Waals surface area contributed by atoms with E-state index in [1.807, 2.05) is 12.3 Å². The fraction of sp³-hybridized carbons (Fsp3) is 0.211. The van der Waals surface area contributed by atoms with Gasteiger partial charge in [0.05, 0.1) is 12.1 Å². The Labute approximate surface area is 151 Å². The lowest BCUT2D eigenvalue weighted by Gasteiger charge is -2.08. The van der Waals surface area contributed by atoms with Gasteiger partial charge in [-0.25, -0.2) is 0 Å². The number of aryl methyl sites for hydroxylation is 1. The van der Waals surface area contributed by atoms with Crippen molar-refractivity contribution < 1.29 is 4.74 Å². The number of benzene rings is 2. The lowest BCUT2D eigenvalue weighted by atomic mass is 10.1. The standard InChI is InChI=1S/C19H21ClN4O/c1-12-4-3-5-15-13(11-23-18(12)15)8-9-22-19(21)24-14-6-7-17(25-2)16(20)10-14/h3-7,10-11,23H,8-9H2,1-2H3,(H3,21,22,24). The highest BCUT2D eigenvalue weighted by atomic mass is 35.5. The van der Waals surface area contributed by atoms with Gasteiger partial charge in [-0.05, 0) is 42.7 Å². The first kappa shape index (κ1) is 17.2. The molecule has 130 valence electrons. The number of nitrogens with two attached hydrogens (primary N) is 1. The molecule has 0 radical (unpaired) electrons. The number of hydrogen-bond acceptors (Lipinski definition) is 2. The summed E-state index contributed by atoms with van der Waals surface area (Å²) < 4.78 is 5.13. The number of ether oxygens (including phenoxy) is 1. The molecule has 0 spiro atoms. The Morgan fingerprint density at radius 2 is 2.16 bits per heavy atom. The number of fused-ring (bicyclic) bond motifs is 1. The number of rotatable bonds is 5. The van der Waals surface area contributed by atoms with Gasteiger partial charge in [-0.2, -0.15) is 0 Å². The highest BCUT2D eigenvalue weighted by molar-refractivity contribution is 6.32. The average molecular weight is 357 g/mol. The molecule has 0 atom stereocenters. The van der Waals surface area contributed by atoms with E-state index < -0.39 is 0 Å². The molecule has 1 heterocycles. The lowest BCUT2D eigenvalue weighted by molar-refractivity contribution is 0.415. The van der Waals surface area contributed by atoms with Gasteiger partial charge >= 0.3 is 0 Å². The van der Waals surface area contributed by atoms with Gasteiger partial charge < -0.3 is 20.8 Å². The molecule has 2 aromatic carbocycles. The summed E-state index contributed by atoms with van der Waals surface area (Å²) in [5.41, 5.74) is 10.4. The van der Waals surface area contributed by atoms with Gasteiger partial charge in [-0.1, -0.05) is 29.8 Å². The van der Waals surface area contributed by atoms with Gasteiger partial charge in [0, 0.05) is 29.3 Å². The van der Waals surface area contributed by atoms with Crippen LogP contribution in [-0.2, 0) is 6.42 Å². The van der Waals surface area contributed by atoms with Crippen molar-refractivity contribution in [3.05, 3.63) is 58.7 Å². The predicted octanol–water partition coefficient (Wildman–Crippen LogP) is 4.11. The minimum Gasteiger partial charge on any atom is -0.495 e. The highest BCUT2D eigenvalue weighted by Gasteiger charge is 2.05. The number of hydrogen-bond donors (Lipinski definition) is 3. The Morgan fingerprint density at radius 1 is 1.32 bits per heavy atom. The number of nitrogens with zero attached hydrogens (tertiary/aromatic N) is 1. The van der Waals surface area contributed by atoms with E-state index >= 15 is 0 Å². The molecule has 3 aromatic rings. The van der Waals surface area contributed by atoms with Gasteiger partial charge in [-0.15, -0.1) is 0 Å². The second kappa shape index (κ2) is 7.49. The second-order valence-electron chi connectivity index (χ2n) is 5.80. The number of H-pyrrole nitrogens is 1. The molecule has 5 nitrogen and oxygen atoms in total. The largest absolute Gasteiger partial charge is 0.495 e. The number of anilines is 1. The van der Waals surface area contributed by atoms with E-state index in [0.29, 0.717) is 23.3 Å². The molecule has 1 aromatic heterocycles. The summed E-state index contributed by atoms with van der Waals surface area (Å²) >= 11 is 6.10. The van der Waals surface area contributed by atoms with Crippen LogP contribution in [-0.4, -0.2) is 24.6 Å². The van der Waals surface area contributed by atoms with E-state index in [9.17, 15) is 0 Å². The maximum Gasteiger partial charge on any atom is 0.193 e. The zero-order valence-electron chi connectivity index (χ0n) is 14.3. The molecule has 0 saturated heterocycles. The van der Waals surface area contributed by atoms with E-state index in [0.717, 1.165) is 12.1 Å². The minimum atomic E-state index is 0.359. The zero-order chi connectivity index (χ0) is 17.8. The van der Waals surface area contributed by atoms with E-state index in [4.69, 9.17) is 22.1 Å². The van der Waals surface area contributed by atoms with Crippen LogP contribution in [0.3, 0.4) is 0 Å². The molecule has 3 rings (SSSR count). The van der Waals surface area contributed by atoms with Crippen LogP contribution in [0.25, 0.3) is 10.9 Å². The summed E-state index contributed by atoms with van der Waals surface area (Å²) in [4.78, 5) is 7.72. The minimum absolute atomic E-state index is 0.359. The number of aromatic nitrogens is 1. The molecular weight excluding hydrogens is 336 g/mol. The number of aliphatic imine (C=N–C) groups is 1. The lowest BCUT2D eigenvalue weighted by Crippen LogP contribution is -2.23. The molecule has 0 fully saturated rings. The molecule has 0 amide bonds. The van der Waals surface area contributed by atoms with E-state index in [1.165, 1.54) is 22.0 Å². The summed E-state index contributed by atoms with van der Waals surface area (Å²) in [5, 5.41) is 4.80. The van der Waals surface area contributed by atoms with Crippen LogP contribution < -0.4 is 15.8 Å². The molecule has 25 heavy (non-hydrogen) atoms. The van der Waals surface area contributed by atoms with Crippen LogP contribution in [0.1, 0.15) is 11.1 Å². The first-order chi connectivity index (χ1) is 12.1. The predicted molar refractivity (Wildman–Crippen MR) is 105 cm³/mol. The number of guanidine groups is 1. The van der Waals surface area contributed by atoms with Gasteiger partial charge in [-0.3, -0.25) is 4.99 Å². The number of methoxy groups -OCH3 is 1. The maximum atomic E-state index is 6.10. The van der Waals surface area contributed by atoms with Crippen LogP contribution in [0.5, 0.6) is 5.75 Å². The van der Waals surface area contributed by atoms with Crippen molar-refractivity contribution >= 4 is 34.2 Å². The fourth-order valence-corrected chi connectivity index (χ4v) is 3.06. The molecule has 4 N–H and O–H groups in total. The fourth-order valence-electron chi connectivity index (χ4n) is 2.80. The van der Waals surface area contributed by atoms with Crippen molar-refractivity contribution in [1.29, 1.82) is 0 Å². The van der Waals surface area contributed by atoms with Crippen molar-refractivity contribution in [3.63, 3.8) is 0 Å². The Hall–Kier alpha value is -2.66. The topological polar surface area (TPSA) is 75.4 Å². The Bertz CT molecular complexity index is 917. The summed E-state index contributed by atoms with van der Waals surface area (Å²) in [6.45, 7) is 2.70. The molecule has 0 bridgehead atoms. The number of halogens is 1. The van der Waals surface area contributed by atoms with Gasteiger partial charge in [0.1, 0.15) is 5.75 Å². The van der Waals surface area contributed by atoms with Crippen molar-refractivity contribution in [2.75, 3.05) is 19.0 Å². The molecular formula is C19H21ClN4O. The molecule has 0 aliphatic rings. The molecule has 6 heteroatoms. The normalized spacial score (nSPS) is 11.7. The average Bonchev–Trinajstić information content (AvgIpc) is 3.00. The number of nitrogens with one attached hydrogen (secondary N) is 2. The van der Waals surface area contributed by atoms with Gasteiger partial charge in [0.25, 0.3) is 0 Å². The SMILES string of the molecule is COc1ccc(NC(N)=NCCc2c[nH]c3c(C)cccc23)cc1Cl. The molecule has 0 aliphatic heterocycles. The maximum absolute atomic E-state index is 6.10. The summed E-state index contributed by atoms with van der Waals surface area (Å²) in [6.07, 6.45) is 2.86. The van der Waals surface area contributed by atoms with Crippen LogP contribution in [0.4, 0.5) is 5.69 Å². The summed E-state index contributed by atoms with van der Waals surface area (Å²) in [5.74, 6) is 0.981. The third-order valence-corrected chi connectivity index (χ3v) is 4.39.